The van der Waals surface area contributed by atoms with Gasteiger partial charge in [0.05, 0.1) is 0 Å². The Hall–Kier alpha value is -0.790. The Kier molecular flexibility index (Phi) is 2.85. The number of carbonyl (C=O) groups excluding carboxylic acids is 1. The molecule has 90 valence electrons. The lowest BCUT2D eigenvalue weighted by molar-refractivity contribution is -0.120. The minimum Gasteiger partial charge on any atom is -0.494 e. The lowest BCUT2D eigenvalue weighted by atomic mass is 9.70. The summed E-state index contributed by atoms with van der Waals surface area (Å²) in [4.78, 5) is 12.0. The Labute approximate surface area is 98.1 Å². The molecule has 1 heterocycles. The van der Waals surface area contributed by atoms with Crippen LogP contribution in [0, 0.1) is 11.3 Å². The van der Waals surface area contributed by atoms with Gasteiger partial charge in [0.25, 0.3) is 0 Å². The van der Waals surface area contributed by atoms with Gasteiger partial charge in [0.15, 0.2) is 5.78 Å². The van der Waals surface area contributed by atoms with E-state index in [-0.39, 0.29) is 6.10 Å². The van der Waals surface area contributed by atoms with Crippen LogP contribution in [0.3, 0.4) is 0 Å². The Morgan fingerprint density at radius 1 is 1.25 bits per heavy atom. The molecule has 0 radical (unpaired) electrons. The fourth-order valence-corrected chi connectivity index (χ4v) is 2.73. The number of hydrogen-bond donors (Lipinski definition) is 0. The van der Waals surface area contributed by atoms with E-state index in [9.17, 15) is 4.79 Å². The van der Waals surface area contributed by atoms with Crippen LogP contribution in [0.1, 0.15) is 53.4 Å². The molecule has 0 bridgehead atoms. The third kappa shape index (κ3) is 2.16. The minimum atomic E-state index is 0.0810. The molecule has 1 aliphatic heterocycles. The van der Waals surface area contributed by atoms with Crippen molar-refractivity contribution < 1.29 is 9.53 Å². The highest BCUT2D eigenvalue weighted by atomic mass is 16.5. The van der Waals surface area contributed by atoms with Gasteiger partial charge in [0.2, 0.25) is 0 Å². The van der Waals surface area contributed by atoms with E-state index in [2.05, 4.69) is 20.8 Å². The van der Waals surface area contributed by atoms with E-state index in [1.165, 1.54) is 0 Å². The van der Waals surface area contributed by atoms with Gasteiger partial charge >= 0.3 is 0 Å². The van der Waals surface area contributed by atoms with Crippen LogP contribution in [0.5, 0.6) is 0 Å². The summed E-state index contributed by atoms with van der Waals surface area (Å²) in [6.07, 6.45) is 3.67. The summed E-state index contributed by atoms with van der Waals surface area (Å²) >= 11 is 0. The van der Waals surface area contributed by atoms with E-state index in [4.69, 9.17) is 4.74 Å². The summed E-state index contributed by atoms with van der Waals surface area (Å²) in [5.41, 5.74) is 1.28. The maximum absolute atomic E-state index is 12.0. The molecule has 2 heteroatoms. The summed E-state index contributed by atoms with van der Waals surface area (Å²) < 4.78 is 5.78. The zero-order valence-electron chi connectivity index (χ0n) is 10.8. The van der Waals surface area contributed by atoms with Crippen molar-refractivity contribution in [3.63, 3.8) is 0 Å². The Bertz CT molecular complexity index is 333. The van der Waals surface area contributed by atoms with Crippen LogP contribution in [0.4, 0.5) is 0 Å². The van der Waals surface area contributed by atoms with Crippen molar-refractivity contribution in [3.05, 3.63) is 11.3 Å². The highest BCUT2D eigenvalue weighted by Crippen LogP contribution is 2.42. The number of ketones is 1. The Morgan fingerprint density at radius 3 is 2.56 bits per heavy atom. The molecule has 0 fully saturated rings. The van der Waals surface area contributed by atoms with Crippen molar-refractivity contribution in [1.82, 2.24) is 0 Å². The van der Waals surface area contributed by atoms with E-state index in [1.54, 1.807) is 0 Å². The maximum Gasteiger partial charge on any atom is 0.165 e. The van der Waals surface area contributed by atoms with Gasteiger partial charge in [-0.05, 0) is 31.1 Å². The van der Waals surface area contributed by atoms with E-state index in [1.807, 2.05) is 6.92 Å². The largest absolute Gasteiger partial charge is 0.494 e. The topological polar surface area (TPSA) is 26.3 Å². The minimum absolute atomic E-state index is 0.0810. The zero-order valence-corrected chi connectivity index (χ0v) is 10.8. The summed E-state index contributed by atoms with van der Waals surface area (Å²) in [6, 6.07) is 0. The van der Waals surface area contributed by atoms with E-state index in [0.717, 1.165) is 30.6 Å². The molecule has 16 heavy (non-hydrogen) atoms. The van der Waals surface area contributed by atoms with Crippen LogP contribution >= 0.6 is 0 Å². The molecule has 0 unspecified atom stereocenters. The molecule has 0 N–H and O–H groups in total. The van der Waals surface area contributed by atoms with Gasteiger partial charge in [-0.25, -0.2) is 0 Å². The van der Waals surface area contributed by atoms with E-state index >= 15 is 0 Å². The van der Waals surface area contributed by atoms with Gasteiger partial charge in [0.1, 0.15) is 11.9 Å². The van der Waals surface area contributed by atoms with Gasteiger partial charge in [-0.1, -0.05) is 20.8 Å². The molecule has 0 spiro atoms. The second-order valence-corrected chi connectivity index (χ2v) is 6.26. The van der Waals surface area contributed by atoms with Gasteiger partial charge in [-0.3, -0.25) is 4.79 Å². The molecule has 2 atom stereocenters. The highest BCUT2D eigenvalue weighted by molar-refractivity contribution is 5.97. The van der Waals surface area contributed by atoms with Crippen LogP contribution in [-0.4, -0.2) is 11.9 Å². The van der Waals surface area contributed by atoms with Gasteiger partial charge in [-0.2, -0.15) is 0 Å². The van der Waals surface area contributed by atoms with Crippen molar-refractivity contribution in [1.29, 1.82) is 0 Å². The molecule has 0 saturated heterocycles. The zero-order chi connectivity index (χ0) is 11.9. The average Bonchev–Trinajstić information content (AvgIpc) is 2.15. The van der Waals surface area contributed by atoms with Crippen molar-refractivity contribution >= 4 is 5.78 Å². The number of carbonyl (C=O) groups is 1. The first-order valence-corrected chi connectivity index (χ1v) is 6.30. The molecular weight excluding hydrogens is 200 g/mol. The second kappa shape index (κ2) is 3.90. The first-order chi connectivity index (χ1) is 7.38. The molecule has 0 amide bonds. The lowest BCUT2D eigenvalue weighted by Crippen LogP contribution is -2.31. The Morgan fingerprint density at radius 2 is 1.94 bits per heavy atom. The molecule has 0 saturated carbocycles. The predicted molar refractivity (Wildman–Crippen MR) is 64.0 cm³/mol. The summed E-state index contributed by atoms with van der Waals surface area (Å²) in [5.74, 6) is 1.93. The fourth-order valence-electron chi connectivity index (χ4n) is 2.73. The predicted octanol–water partition coefficient (Wildman–Crippen LogP) is 3.46. The smallest absolute Gasteiger partial charge is 0.165 e. The van der Waals surface area contributed by atoms with Crippen molar-refractivity contribution in [2.75, 3.05) is 0 Å². The highest BCUT2D eigenvalue weighted by Gasteiger charge is 2.36. The molecule has 0 aromatic carbocycles. The monoisotopic (exact) mass is 222 g/mol. The molecule has 1 aliphatic carbocycles. The first-order valence-electron chi connectivity index (χ1n) is 6.30. The second-order valence-electron chi connectivity index (χ2n) is 6.26. The first kappa shape index (κ1) is 11.7. The van der Waals surface area contributed by atoms with Crippen LogP contribution < -0.4 is 0 Å². The molecular formula is C14H22O2. The Balaban J connectivity index is 2.19. The standard InChI is InChI=1S/C14H22O2/c1-9-7-12(15)11-8-10(14(2,3)4)5-6-13(11)16-9/h9-10H,5-8H2,1-4H3/t9-,10+/m1/s1. The summed E-state index contributed by atoms with van der Waals surface area (Å²) in [7, 11) is 0. The van der Waals surface area contributed by atoms with Crippen LogP contribution in [0.25, 0.3) is 0 Å². The van der Waals surface area contributed by atoms with Crippen molar-refractivity contribution in [2.24, 2.45) is 11.3 Å². The molecule has 2 aliphatic rings. The van der Waals surface area contributed by atoms with Gasteiger partial charge in [0, 0.05) is 18.4 Å². The third-order valence-corrected chi connectivity index (χ3v) is 3.88. The molecule has 2 nitrogen and oxygen atoms in total. The van der Waals surface area contributed by atoms with Gasteiger partial charge < -0.3 is 4.74 Å². The van der Waals surface area contributed by atoms with Crippen LogP contribution in [0.15, 0.2) is 11.3 Å². The molecule has 2 rings (SSSR count). The number of Topliss-reactive ketones (excluding diaryl/α,β-unsaturated/α-hetero) is 1. The molecule has 0 aromatic heterocycles. The number of ether oxygens (including phenoxy) is 1. The van der Waals surface area contributed by atoms with E-state index in [0.29, 0.717) is 23.5 Å². The van der Waals surface area contributed by atoms with Gasteiger partial charge in [-0.15, -0.1) is 0 Å². The SMILES string of the molecule is C[C@@H]1CC(=O)C2=C(CC[C@H](C(C)(C)C)C2)O1. The normalized spacial score (nSPS) is 31.1. The fraction of sp³-hybridized carbons (Fsp3) is 0.786. The number of hydrogen-bond acceptors (Lipinski definition) is 2. The number of rotatable bonds is 0. The van der Waals surface area contributed by atoms with Crippen molar-refractivity contribution in [2.45, 2.75) is 59.5 Å². The third-order valence-electron chi connectivity index (χ3n) is 3.88. The molecule has 0 aromatic rings. The number of allylic oxidation sites excluding steroid dienone is 2. The summed E-state index contributed by atoms with van der Waals surface area (Å²) in [6.45, 7) is 8.78. The summed E-state index contributed by atoms with van der Waals surface area (Å²) in [5, 5.41) is 0. The average molecular weight is 222 g/mol. The lowest BCUT2D eigenvalue weighted by Gasteiger charge is -2.38. The maximum atomic E-state index is 12.0. The van der Waals surface area contributed by atoms with Crippen LogP contribution in [-0.2, 0) is 9.53 Å². The van der Waals surface area contributed by atoms with Crippen LogP contribution in [0.2, 0.25) is 0 Å². The quantitative estimate of drug-likeness (QED) is 0.627. The van der Waals surface area contributed by atoms with E-state index < -0.39 is 0 Å². The van der Waals surface area contributed by atoms with Crippen molar-refractivity contribution in [3.8, 4) is 0 Å².